The Labute approximate surface area is 180 Å². The van der Waals surface area contributed by atoms with Crippen molar-refractivity contribution >= 4 is 34.6 Å². The third-order valence-corrected chi connectivity index (χ3v) is 4.55. The highest BCUT2D eigenvalue weighted by Crippen LogP contribution is 2.19. The van der Waals surface area contributed by atoms with Crippen LogP contribution in [0.1, 0.15) is 20.7 Å². The summed E-state index contributed by atoms with van der Waals surface area (Å²) in [4.78, 5) is 36.2. The Kier molecular flexibility index (Phi) is 7.37. The number of nitrogens with one attached hydrogen (secondary N) is 3. The summed E-state index contributed by atoms with van der Waals surface area (Å²) < 4.78 is 0. The van der Waals surface area contributed by atoms with Gasteiger partial charge in [0, 0.05) is 28.2 Å². The Balaban J connectivity index is 1.65. The maximum absolute atomic E-state index is 12.7. The summed E-state index contributed by atoms with van der Waals surface area (Å²) in [5.74, 6) is -1.35. The Morgan fingerprint density at radius 3 is 1.58 bits per heavy atom. The molecule has 0 atom stereocenters. The van der Waals surface area contributed by atoms with Crippen molar-refractivity contribution in [3.63, 3.8) is 0 Å². The summed E-state index contributed by atoms with van der Waals surface area (Å²) in [6.07, 6.45) is 0. The molecule has 158 valence electrons. The van der Waals surface area contributed by atoms with Gasteiger partial charge >= 0.3 is 5.97 Å². The van der Waals surface area contributed by atoms with Gasteiger partial charge in [-0.1, -0.05) is 42.5 Å². The fourth-order valence-corrected chi connectivity index (χ4v) is 3.04. The average Bonchev–Trinajstić information content (AvgIpc) is 2.80. The summed E-state index contributed by atoms with van der Waals surface area (Å²) >= 11 is 0. The van der Waals surface area contributed by atoms with Gasteiger partial charge in [0.25, 0.3) is 0 Å². The number of carboxylic acids is 1. The molecule has 0 spiro atoms. The van der Waals surface area contributed by atoms with Gasteiger partial charge in [-0.3, -0.25) is 14.4 Å². The van der Waals surface area contributed by atoms with Crippen LogP contribution in [0.4, 0.5) is 17.1 Å². The van der Waals surface area contributed by atoms with Crippen molar-refractivity contribution in [1.82, 2.24) is 0 Å². The van der Waals surface area contributed by atoms with Crippen molar-refractivity contribution in [2.45, 2.75) is 0 Å². The number of hydrogen-bond acceptors (Lipinski definition) is 6. The molecule has 3 aromatic carbocycles. The second-order valence-corrected chi connectivity index (χ2v) is 6.76. The van der Waals surface area contributed by atoms with Crippen molar-refractivity contribution in [3.8, 4) is 0 Å². The van der Waals surface area contributed by atoms with Crippen LogP contribution in [0, 0.1) is 0 Å². The fraction of sp³-hybridized carbons (Fsp3) is 0.125. The van der Waals surface area contributed by atoms with Crippen LogP contribution < -0.4 is 16.0 Å². The summed E-state index contributed by atoms with van der Waals surface area (Å²) in [6, 6.07) is 23.2. The molecule has 0 heterocycles. The van der Waals surface area contributed by atoms with Crippen LogP contribution in [0.5, 0.6) is 0 Å². The molecular formula is C24H23N3O4. The Morgan fingerprint density at radius 2 is 1.03 bits per heavy atom. The molecule has 0 aliphatic rings. The third kappa shape index (κ3) is 6.17. The first-order valence-corrected chi connectivity index (χ1v) is 9.77. The van der Waals surface area contributed by atoms with E-state index in [2.05, 4.69) is 16.0 Å². The van der Waals surface area contributed by atoms with Gasteiger partial charge in [-0.2, -0.15) is 0 Å². The second kappa shape index (κ2) is 10.6. The van der Waals surface area contributed by atoms with E-state index in [9.17, 15) is 14.4 Å². The van der Waals surface area contributed by atoms with E-state index in [0.29, 0.717) is 22.5 Å². The van der Waals surface area contributed by atoms with Crippen molar-refractivity contribution < 1.29 is 19.5 Å². The summed E-state index contributed by atoms with van der Waals surface area (Å²) in [7, 11) is 0. The molecule has 0 radical (unpaired) electrons. The first kappa shape index (κ1) is 21.6. The lowest BCUT2D eigenvalue weighted by molar-refractivity contribution is -0.134. The van der Waals surface area contributed by atoms with E-state index in [4.69, 9.17) is 5.11 Å². The van der Waals surface area contributed by atoms with E-state index in [0.717, 1.165) is 5.69 Å². The van der Waals surface area contributed by atoms with Crippen LogP contribution in [-0.4, -0.2) is 42.3 Å². The molecule has 7 nitrogen and oxygen atoms in total. The highest BCUT2D eigenvalue weighted by molar-refractivity contribution is 6.06. The molecule has 0 aliphatic heterocycles. The number of carbonyl (C=O) groups is 3. The molecule has 0 bridgehead atoms. The van der Waals surface area contributed by atoms with Crippen LogP contribution >= 0.6 is 0 Å². The minimum Gasteiger partial charge on any atom is -0.480 e. The number of hydrogen-bond donors (Lipinski definition) is 4. The van der Waals surface area contributed by atoms with Gasteiger partial charge in [-0.25, -0.2) is 0 Å². The third-order valence-electron chi connectivity index (χ3n) is 4.55. The lowest BCUT2D eigenvalue weighted by Gasteiger charge is -2.13. The average molecular weight is 417 g/mol. The zero-order chi connectivity index (χ0) is 22.1. The number of rotatable bonds is 11. The quantitative estimate of drug-likeness (QED) is 0.352. The van der Waals surface area contributed by atoms with E-state index >= 15 is 0 Å². The van der Waals surface area contributed by atoms with Gasteiger partial charge in [0.15, 0.2) is 11.6 Å². The molecule has 4 N–H and O–H groups in total. The van der Waals surface area contributed by atoms with E-state index in [-0.39, 0.29) is 31.2 Å². The predicted molar refractivity (Wildman–Crippen MR) is 121 cm³/mol. The SMILES string of the molecule is O=C(O)CNc1ccccc1C(=O)CNc1ccccc1C(=O)CNc1ccccc1. The van der Waals surface area contributed by atoms with Crippen molar-refractivity contribution in [2.75, 3.05) is 35.6 Å². The molecule has 0 fully saturated rings. The van der Waals surface area contributed by atoms with Gasteiger partial charge in [0.05, 0.1) is 13.1 Å². The van der Waals surface area contributed by atoms with Gasteiger partial charge in [0.2, 0.25) is 0 Å². The smallest absolute Gasteiger partial charge is 0.322 e. The van der Waals surface area contributed by atoms with Crippen LogP contribution in [0.15, 0.2) is 78.9 Å². The summed E-state index contributed by atoms with van der Waals surface area (Å²) in [6.45, 7) is -0.204. The number of anilines is 3. The van der Waals surface area contributed by atoms with E-state index < -0.39 is 5.97 Å². The lowest BCUT2D eigenvalue weighted by atomic mass is 10.1. The molecular weight excluding hydrogens is 394 g/mol. The number of ketones is 2. The standard InChI is InChI=1S/C24H23N3O4/c28-22(14-25-17-8-2-1-3-9-17)18-10-4-6-12-20(18)26-15-23(29)19-11-5-7-13-21(19)27-16-24(30)31/h1-13,25-27H,14-16H2,(H,30,31). The van der Waals surface area contributed by atoms with Gasteiger partial charge < -0.3 is 21.1 Å². The van der Waals surface area contributed by atoms with Crippen LogP contribution in [0.2, 0.25) is 0 Å². The van der Waals surface area contributed by atoms with Crippen LogP contribution in [-0.2, 0) is 4.79 Å². The zero-order valence-corrected chi connectivity index (χ0v) is 16.8. The number of carboxylic acid groups (broad SMARTS) is 1. The van der Waals surface area contributed by atoms with Crippen LogP contribution in [0.3, 0.4) is 0 Å². The molecule has 0 amide bonds. The molecule has 0 saturated carbocycles. The lowest BCUT2D eigenvalue weighted by Crippen LogP contribution is -2.20. The van der Waals surface area contributed by atoms with Gasteiger partial charge in [0.1, 0.15) is 6.54 Å². The van der Waals surface area contributed by atoms with E-state index in [1.807, 2.05) is 30.3 Å². The Morgan fingerprint density at radius 1 is 0.581 bits per heavy atom. The van der Waals surface area contributed by atoms with E-state index in [1.54, 1.807) is 48.5 Å². The molecule has 3 aromatic rings. The highest BCUT2D eigenvalue weighted by atomic mass is 16.4. The first-order valence-electron chi connectivity index (χ1n) is 9.77. The normalized spacial score (nSPS) is 10.2. The predicted octanol–water partition coefficient (Wildman–Crippen LogP) is 3.77. The molecule has 31 heavy (non-hydrogen) atoms. The highest BCUT2D eigenvalue weighted by Gasteiger charge is 2.14. The largest absolute Gasteiger partial charge is 0.480 e. The number of benzene rings is 3. The van der Waals surface area contributed by atoms with E-state index in [1.165, 1.54) is 0 Å². The molecule has 3 rings (SSSR count). The number of para-hydroxylation sites is 3. The first-order chi connectivity index (χ1) is 15.0. The van der Waals surface area contributed by atoms with Crippen molar-refractivity contribution in [3.05, 3.63) is 90.0 Å². The molecule has 0 aromatic heterocycles. The maximum Gasteiger partial charge on any atom is 0.322 e. The summed E-state index contributed by atoms with van der Waals surface area (Å²) in [5.41, 5.74) is 2.73. The number of aliphatic carboxylic acids is 1. The van der Waals surface area contributed by atoms with Crippen LogP contribution in [0.25, 0.3) is 0 Å². The van der Waals surface area contributed by atoms with Gasteiger partial charge in [-0.05, 0) is 36.4 Å². The maximum atomic E-state index is 12.7. The van der Waals surface area contributed by atoms with Gasteiger partial charge in [-0.15, -0.1) is 0 Å². The minimum absolute atomic E-state index is 0.0395. The van der Waals surface area contributed by atoms with Crippen molar-refractivity contribution in [1.29, 1.82) is 0 Å². The molecule has 0 saturated heterocycles. The monoisotopic (exact) mass is 417 g/mol. The fourth-order valence-electron chi connectivity index (χ4n) is 3.04. The van der Waals surface area contributed by atoms with Crippen molar-refractivity contribution in [2.24, 2.45) is 0 Å². The molecule has 7 heteroatoms. The number of Topliss-reactive ketones (excluding diaryl/α,β-unsaturated/α-hetero) is 2. The Bertz CT molecular complexity index is 1070. The minimum atomic E-state index is -1.02. The Hall–Kier alpha value is -4.13. The summed E-state index contributed by atoms with van der Waals surface area (Å²) in [5, 5.41) is 17.7. The topological polar surface area (TPSA) is 108 Å². The molecule has 0 unspecified atom stereocenters. The zero-order valence-electron chi connectivity index (χ0n) is 16.8. The molecule has 0 aliphatic carbocycles. The second-order valence-electron chi connectivity index (χ2n) is 6.76. The number of carbonyl (C=O) groups excluding carboxylic acids is 2.